The Balaban J connectivity index is 1.66. The lowest BCUT2D eigenvalue weighted by atomic mass is 10.0. The van der Waals surface area contributed by atoms with Crippen molar-refractivity contribution in [3.8, 4) is 0 Å². The third-order valence-electron chi connectivity index (χ3n) is 4.60. The Morgan fingerprint density at radius 2 is 1.74 bits per heavy atom. The molecule has 3 aromatic rings. The number of nitrogens with one attached hydrogen (secondary N) is 2. The van der Waals surface area contributed by atoms with Gasteiger partial charge >= 0.3 is 0 Å². The van der Waals surface area contributed by atoms with Crippen LogP contribution in [0, 0.1) is 5.92 Å². The van der Waals surface area contributed by atoms with Crippen LogP contribution in [0.2, 0.25) is 5.02 Å². The van der Waals surface area contributed by atoms with Crippen molar-refractivity contribution in [3.05, 3.63) is 71.0 Å². The van der Waals surface area contributed by atoms with Crippen LogP contribution in [0.4, 0.5) is 5.69 Å². The summed E-state index contributed by atoms with van der Waals surface area (Å²) in [6.45, 7) is 4.00. The second kappa shape index (κ2) is 10.5. The van der Waals surface area contributed by atoms with Crippen LogP contribution < -0.4 is 10.6 Å². The molecular formula is C22H24ClN5O2S. The fourth-order valence-corrected chi connectivity index (χ4v) is 3.77. The molecule has 1 heterocycles. The van der Waals surface area contributed by atoms with E-state index in [0.717, 1.165) is 5.69 Å². The first kappa shape index (κ1) is 22.8. The minimum atomic E-state index is -0.340. The summed E-state index contributed by atoms with van der Waals surface area (Å²) in [6.07, 6.45) is 0. The quantitative estimate of drug-likeness (QED) is 0.491. The average Bonchev–Trinajstić information content (AvgIpc) is 3.11. The number of halogens is 1. The van der Waals surface area contributed by atoms with Crippen LogP contribution in [0.1, 0.15) is 36.1 Å². The van der Waals surface area contributed by atoms with Crippen molar-refractivity contribution in [3.63, 3.8) is 0 Å². The van der Waals surface area contributed by atoms with E-state index in [1.807, 2.05) is 55.8 Å². The number of anilines is 1. The van der Waals surface area contributed by atoms with Gasteiger partial charge in [-0.25, -0.2) is 0 Å². The van der Waals surface area contributed by atoms with Crippen LogP contribution in [-0.4, -0.2) is 32.3 Å². The number of carbonyl (C=O) groups excluding carboxylic acids is 2. The molecule has 2 aromatic carbocycles. The third kappa shape index (κ3) is 6.08. The molecule has 0 saturated carbocycles. The molecule has 9 heteroatoms. The summed E-state index contributed by atoms with van der Waals surface area (Å²) in [7, 11) is 1.83. The van der Waals surface area contributed by atoms with Crippen molar-refractivity contribution in [1.29, 1.82) is 0 Å². The minimum Gasteiger partial charge on any atom is -0.342 e. The van der Waals surface area contributed by atoms with Crippen molar-refractivity contribution < 1.29 is 9.59 Å². The monoisotopic (exact) mass is 457 g/mol. The van der Waals surface area contributed by atoms with Gasteiger partial charge in [-0.2, -0.15) is 0 Å². The molecule has 0 aliphatic rings. The second-order valence-electron chi connectivity index (χ2n) is 7.30. The average molecular weight is 458 g/mol. The summed E-state index contributed by atoms with van der Waals surface area (Å²) in [5, 5.41) is 15.5. The van der Waals surface area contributed by atoms with Gasteiger partial charge in [0.15, 0.2) is 11.0 Å². The molecule has 2 N–H and O–H groups in total. The van der Waals surface area contributed by atoms with E-state index in [1.54, 1.807) is 24.3 Å². The molecule has 0 saturated heterocycles. The van der Waals surface area contributed by atoms with E-state index in [2.05, 4.69) is 20.8 Å². The molecule has 1 aromatic heterocycles. The summed E-state index contributed by atoms with van der Waals surface area (Å²) < 4.78 is 1.81. The Labute approximate surface area is 190 Å². The zero-order chi connectivity index (χ0) is 22.4. The summed E-state index contributed by atoms with van der Waals surface area (Å²) in [5.74, 6) is 0.568. The van der Waals surface area contributed by atoms with Crippen LogP contribution in [0.3, 0.4) is 0 Å². The molecule has 0 unspecified atom stereocenters. The molecule has 0 bridgehead atoms. The number of hydrogen-bond acceptors (Lipinski definition) is 5. The molecule has 0 radical (unpaired) electrons. The number of para-hydroxylation sites is 1. The van der Waals surface area contributed by atoms with Gasteiger partial charge in [0.2, 0.25) is 5.91 Å². The van der Waals surface area contributed by atoms with Gasteiger partial charge in [0, 0.05) is 23.3 Å². The second-order valence-corrected chi connectivity index (χ2v) is 8.68. The highest BCUT2D eigenvalue weighted by Crippen LogP contribution is 2.24. The molecule has 3 rings (SSSR count). The number of benzene rings is 2. The third-order valence-corrected chi connectivity index (χ3v) is 5.87. The number of thioether (sulfide) groups is 1. The summed E-state index contributed by atoms with van der Waals surface area (Å²) >= 11 is 7.20. The highest BCUT2D eigenvalue weighted by molar-refractivity contribution is 7.99. The van der Waals surface area contributed by atoms with E-state index in [9.17, 15) is 9.59 Å². The van der Waals surface area contributed by atoms with Gasteiger partial charge in [-0.1, -0.05) is 55.4 Å². The van der Waals surface area contributed by atoms with Gasteiger partial charge < -0.3 is 15.2 Å². The maximum Gasteiger partial charge on any atom is 0.251 e. The zero-order valence-electron chi connectivity index (χ0n) is 17.5. The summed E-state index contributed by atoms with van der Waals surface area (Å²) in [5.41, 5.74) is 1.26. The molecule has 2 amide bonds. The highest BCUT2D eigenvalue weighted by Gasteiger charge is 2.25. The number of hydrogen-bond donors (Lipinski definition) is 2. The van der Waals surface area contributed by atoms with E-state index in [-0.39, 0.29) is 29.5 Å². The molecule has 0 fully saturated rings. The Bertz CT molecular complexity index is 1040. The maximum absolute atomic E-state index is 12.7. The number of carbonyl (C=O) groups is 2. The predicted octanol–water partition coefficient (Wildman–Crippen LogP) is 4.33. The molecule has 0 spiro atoms. The fourth-order valence-electron chi connectivity index (χ4n) is 2.93. The smallest absolute Gasteiger partial charge is 0.251 e. The molecule has 162 valence electrons. The van der Waals surface area contributed by atoms with Gasteiger partial charge in [-0.15, -0.1) is 10.2 Å². The Morgan fingerprint density at radius 3 is 2.39 bits per heavy atom. The Morgan fingerprint density at radius 1 is 1.06 bits per heavy atom. The number of aromatic nitrogens is 3. The molecule has 1 atom stereocenters. The molecule has 7 nitrogen and oxygen atoms in total. The van der Waals surface area contributed by atoms with E-state index < -0.39 is 0 Å². The first-order chi connectivity index (χ1) is 14.8. The van der Waals surface area contributed by atoms with Gasteiger partial charge in [-0.05, 0) is 42.3 Å². The van der Waals surface area contributed by atoms with E-state index >= 15 is 0 Å². The van der Waals surface area contributed by atoms with Crippen LogP contribution in [-0.2, 0) is 11.8 Å². The van der Waals surface area contributed by atoms with Crippen LogP contribution in [0.5, 0.6) is 0 Å². The lowest BCUT2D eigenvalue weighted by Crippen LogP contribution is -2.33. The minimum absolute atomic E-state index is 0.0818. The van der Waals surface area contributed by atoms with Crippen molar-refractivity contribution in [2.24, 2.45) is 13.0 Å². The molecule has 0 aliphatic heterocycles. The van der Waals surface area contributed by atoms with E-state index in [1.165, 1.54) is 11.8 Å². The van der Waals surface area contributed by atoms with Crippen molar-refractivity contribution in [2.45, 2.75) is 25.0 Å². The Hall–Kier alpha value is -2.84. The van der Waals surface area contributed by atoms with Crippen LogP contribution >= 0.6 is 23.4 Å². The van der Waals surface area contributed by atoms with Crippen molar-refractivity contribution in [1.82, 2.24) is 20.1 Å². The van der Waals surface area contributed by atoms with E-state index in [0.29, 0.717) is 21.6 Å². The SMILES string of the molecule is CC(C)[C@H](NC(=O)c1ccc(Cl)cc1)c1nnc(SCC(=O)Nc2ccccc2)n1C. The van der Waals surface area contributed by atoms with E-state index in [4.69, 9.17) is 11.6 Å². The maximum atomic E-state index is 12.7. The standard InChI is InChI=1S/C22H24ClN5O2S/c1-14(2)19(25-21(30)15-9-11-16(23)12-10-15)20-26-27-22(28(20)3)31-13-18(29)24-17-7-5-4-6-8-17/h4-12,14,19H,13H2,1-3H3,(H,24,29)(H,25,30)/t19-/m0/s1. The summed E-state index contributed by atoms with van der Waals surface area (Å²) in [6, 6.07) is 15.7. The van der Waals surface area contributed by atoms with Crippen LogP contribution in [0.25, 0.3) is 0 Å². The number of rotatable bonds is 8. The Kier molecular flexibility index (Phi) is 7.70. The lowest BCUT2D eigenvalue weighted by molar-refractivity contribution is -0.113. The normalized spacial score (nSPS) is 11.9. The van der Waals surface area contributed by atoms with Crippen molar-refractivity contribution >= 4 is 40.9 Å². The van der Waals surface area contributed by atoms with Gasteiger partial charge in [0.05, 0.1) is 11.8 Å². The van der Waals surface area contributed by atoms with Crippen LogP contribution in [0.15, 0.2) is 59.8 Å². The van der Waals surface area contributed by atoms with Crippen molar-refractivity contribution in [2.75, 3.05) is 11.1 Å². The fraction of sp³-hybridized carbons (Fsp3) is 0.273. The van der Waals surface area contributed by atoms with Gasteiger partial charge in [0.25, 0.3) is 5.91 Å². The zero-order valence-corrected chi connectivity index (χ0v) is 19.1. The summed E-state index contributed by atoms with van der Waals surface area (Å²) in [4.78, 5) is 24.9. The van der Waals surface area contributed by atoms with Gasteiger partial charge in [-0.3, -0.25) is 9.59 Å². The number of amides is 2. The molecular weight excluding hydrogens is 434 g/mol. The molecule has 0 aliphatic carbocycles. The first-order valence-electron chi connectivity index (χ1n) is 9.78. The predicted molar refractivity (Wildman–Crippen MR) is 123 cm³/mol. The number of nitrogens with zero attached hydrogens (tertiary/aromatic N) is 3. The largest absolute Gasteiger partial charge is 0.342 e. The highest BCUT2D eigenvalue weighted by atomic mass is 35.5. The first-order valence-corrected chi connectivity index (χ1v) is 11.1. The topological polar surface area (TPSA) is 88.9 Å². The lowest BCUT2D eigenvalue weighted by Gasteiger charge is -2.21. The molecule has 31 heavy (non-hydrogen) atoms. The van der Waals surface area contributed by atoms with Gasteiger partial charge in [0.1, 0.15) is 0 Å².